The Morgan fingerprint density at radius 1 is 1.24 bits per heavy atom. The highest BCUT2D eigenvalue weighted by Gasteiger charge is 2.16. The Kier molecular flexibility index (Phi) is 4.07. The maximum Gasteiger partial charge on any atom is 0.122 e. The summed E-state index contributed by atoms with van der Waals surface area (Å²) in [7, 11) is 0. The molecule has 110 valence electrons. The Bertz CT molecular complexity index is 654. The van der Waals surface area contributed by atoms with E-state index in [0.717, 1.165) is 35.9 Å². The largest absolute Gasteiger partial charge is 0.493 e. The van der Waals surface area contributed by atoms with Crippen LogP contribution in [0.2, 0.25) is 5.02 Å². The molecule has 2 aromatic carbocycles. The Balaban J connectivity index is 1.85. The van der Waals surface area contributed by atoms with E-state index in [1.54, 1.807) is 0 Å². The molecule has 0 spiro atoms. The second kappa shape index (κ2) is 5.98. The van der Waals surface area contributed by atoms with Gasteiger partial charge in [-0.25, -0.2) is 0 Å². The molecule has 1 unspecified atom stereocenters. The maximum absolute atomic E-state index is 6.03. The van der Waals surface area contributed by atoms with Gasteiger partial charge in [0.1, 0.15) is 5.75 Å². The monoisotopic (exact) mass is 301 g/mol. The van der Waals surface area contributed by atoms with Crippen LogP contribution >= 0.6 is 11.6 Å². The van der Waals surface area contributed by atoms with Crippen molar-refractivity contribution in [3.05, 3.63) is 58.1 Å². The van der Waals surface area contributed by atoms with Crippen LogP contribution in [0, 0.1) is 6.92 Å². The van der Waals surface area contributed by atoms with Crippen LogP contribution in [0.4, 0.5) is 5.69 Å². The summed E-state index contributed by atoms with van der Waals surface area (Å²) in [5, 5.41) is 4.41. The summed E-state index contributed by atoms with van der Waals surface area (Å²) in [4.78, 5) is 0. The van der Waals surface area contributed by atoms with Gasteiger partial charge in [0.05, 0.1) is 12.6 Å². The third-order valence-corrected chi connectivity index (χ3v) is 4.28. The predicted molar refractivity (Wildman–Crippen MR) is 88.5 cm³/mol. The number of hydrogen-bond acceptors (Lipinski definition) is 2. The van der Waals surface area contributed by atoms with E-state index in [0.29, 0.717) is 6.04 Å². The fraction of sp³-hybridized carbons (Fsp3) is 0.333. The molecule has 1 N–H and O–H groups in total. The summed E-state index contributed by atoms with van der Waals surface area (Å²) in [6.07, 6.45) is 2.04. The molecule has 2 aromatic rings. The molecule has 3 rings (SSSR count). The zero-order chi connectivity index (χ0) is 14.8. The summed E-state index contributed by atoms with van der Waals surface area (Å²) in [5.41, 5.74) is 4.95. The molecule has 0 saturated carbocycles. The average Bonchev–Trinajstić information content (AvgIpc) is 2.94. The van der Waals surface area contributed by atoms with E-state index in [2.05, 4.69) is 43.4 Å². The van der Waals surface area contributed by atoms with Gasteiger partial charge in [0.25, 0.3) is 0 Å². The molecule has 2 nitrogen and oxygen atoms in total. The van der Waals surface area contributed by atoms with Gasteiger partial charge in [-0.05, 0) is 60.4 Å². The van der Waals surface area contributed by atoms with E-state index in [4.69, 9.17) is 16.3 Å². The topological polar surface area (TPSA) is 21.3 Å². The number of nitrogens with one attached hydrogen (secondary N) is 1. The normalized spacial score (nSPS) is 14.4. The van der Waals surface area contributed by atoms with Crippen LogP contribution in [-0.4, -0.2) is 6.61 Å². The van der Waals surface area contributed by atoms with Crippen molar-refractivity contribution in [2.75, 3.05) is 11.9 Å². The molecule has 0 radical (unpaired) electrons. The molecule has 1 heterocycles. The lowest BCUT2D eigenvalue weighted by Crippen LogP contribution is -2.10. The number of rotatable bonds is 4. The SMILES string of the molecule is CCC(Nc1ccc(Cl)cc1C)c1ccc2c(c1)CCO2. The predicted octanol–water partition coefficient (Wildman–Crippen LogP) is 5.15. The summed E-state index contributed by atoms with van der Waals surface area (Å²) in [5.74, 6) is 1.04. The first-order chi connectivity index (χ1) is 10.2. The molecule has 1 atom stereocenters. The third-order valence-electron chi connectivity index (χ3n) is 4.04. The van der Waals surface area contributed by atoms with Crippen LogP contribution in [0.15, 0.2) is 36.4 Å². The van der Waals surface area contributed by atoms with Crippen LogP contribution in [0.1, 0.15) is 36.1 Å². The van der Waals surface area contributed by atoms with Crippen molar-refractivity contribution in [1.29, 1.82) is 0 Å². The standard InChI is InChI=1S/C18H20ClNO/c1-3-16(20-17-6-5-15(19)10-12(17)2)13-4-7-18-14(11-13)8-9-21-18/h4-7,10-11,16,20H,3,8-9H2,1-2H3. The van der Waals surface area contributed by atoms with E-state index in [-0.39, 0.29) is 0 Å². The first-order valence-electron chi connectivity index (χ1n) is 7.45. The van der Waals surface area contributed by atoms with Crippen LogP contribution in [0.3, 0.4) is 0 Å². The minimum Gasteiger partial charge on any atom is -0.493 e. The molecule has 0 aliphatic carbocycles. The first-order valence-corrected chi connectivity index (χ1v) is 7.83. The second-order valence-electron chi connectivity index (χ2n) is 5.53. The van der Waals surface area contributed by atoms with Crippen molar-refractivity contribution in [3.8, 4) is 5.75 Å². The Labute approximate surface area is 131 Å². The summed E-state index contributed by atoms with van der Waals surface area (Å²) in [6.45, 7) is 5.09. The number of benzene rings is 2. The zero-order valence-corrected chi connectivity index (χ0v) is 13.2. The van der Waals surface area contributed by atoms with Crippen LogP contribution < -0.4 is 10.1 Å². The van der Waals surface area contributed by atoms with E-state index in [1.807, 2.05) is 12.1 Å². The summed E-state index contributed by atoms with van der Waals surface area (Å²) < 4.78 is 5.58. The van der Waals surface area contributed by atoms with Crippen molar-refractivity contribution in [2.45, 2.75) is 32.7 Å². The van der Waals surface area contributed by atoms with Gasteiger partial charge in [-0.1, -0.05) is 24.6 Å². The Morgan fingerprint density at radius 2 is 2.10 bits per heavy atom. The van der Waals surface area contributed by atoms with Crippen molar-refractivity contribution in [1.82, 2.24) is 0 Å². The van der Waals surface area contributed by atoms with E-state index >= 15 is 0 Å². The van der Waals surface area contributed by atoms with Crippen molar-refractivity contribution in [2.24, 2.45) is 0 Å². The number of anilines is 1. The quantitative estimate of drug-likeness (QED) is 0.843. The van der Waals surface area contributed by atoms with Gasteiger partial charge in [0.2, 0.25) is 0 Å². The van der Waals surface area contributed by atoms with Crippen LogP contribution in [0.25, 0.3) is 0 Å². The van der Waals surface area contributed by atoms with E-state index in [9.17, 15) is 0 Å². The number of halogens is 1. The molecule has 1 aliphatic heterocycles. The minimum absolute atomic E-state index is 0.302. The van der Waals surface area contributed by atoms with Gasteiger partial charge in [0, 0.05) is 17.1 Å². The Morgan fingerprint density at radius 3 is 2.86 bits per heavy atom. The number of fused-ring (bicyclic) bond motifs is 1. The number of aryl methyl sites for hydroxylation is 1. The molecule has 21 heavy (non-hydrogen) atoms. The van der Waals surface area contributed by atoms with Crippen LogP contribution in [-0.2, 0) is 6.42 Å². The molecular weight excluding hydrogens is 282 g/mol. The maximum atomic E-state index is 6.03. The molecular formula is C18H20ClNO. The van der Waals surface area contributed by atoms with Gasteiger partial charge >= 0.3 is 0 Å². The average molecular weight is 302 g/mol. The molecule has 0 amide bonds. The van der Waals surface area contributed by atoms with Gasteiger partial charge in [-0.2, -0.15) is 0 Å². The molecule has 0 fully saturated rings. The lowest BCUT2D eigenvalue weighted by atomic mass is 10.00. The van der Waals surface area contributed by atoms with Crippen molar-refractivity contribution in [3.63, 3.8) is 0 Å². The lowest BCUT2D eigenvalue weighted by molar-refractivity contribution is 0.357. The molecule has 3 heteroatoms. The number of hydrogen-bond donors (Lipinski definition) is 1. The summed E-state index contributed by atoms with van der Waals surface area (Å²) in [6, 6.07) is 12.8. The van der Waals surface area contributed by atoms with Crippen molar-refractivity contribution < 1.29 is 4.74 Å². The molecule has 0 bridgehead atoms. The van der Waals surface area contributed by atoms with Crippen molar-refractivity contribution >= 4 is 17.3 Å². The lowest BCUT2D eigenvalue weighted by Gasteiger charge is -2.21. The van der Waals surface area contributed by atoms with E-state index < -0.39 is 0 Å². The summed E-state index contributed by atoms with van der Waals surface area (Å²) >= 11 is 6.03. The second-order valence-corrected chi connectivity index (χ2v) is 5.97. The van der Waals surface area contributed by atoms with Gasteiger partial charge in [-0.3, -0.25) is 0 Å². The highest BCUT2D eigenvalue weighted by Crippen LogP contribution is 2.31. The smallest absolute Gasteiger partial charge is 0.122 e. The molecule has 0 saturated heterocycles. The zero-order valence-electron chi connectivity index (χ0n) is 12.4. The van der Waals surface area contributed by atoms with Gasteiger partial charge in [-0.15, -0.1) is 0 Å². The number of ether oxygens (including phenoxy) is 1. The third kappa shape index (κ3) is 3.01. The van der Waals surface area contributed by atoms with Crippen LogP contribution in [0.5, 0.6) is 5.75 Å². The highest BCUT2D eigenvalue weighted by molar-refractivity contribution is 6.30. The molecule has 0 aromatic heterocycles. The highest BCUT2D eigenvalue weighted by atomic mass is 35.5. The van der Waals surface area contributed by atoms with Gasteiger partial charge in [0.15, 0.2) is 0 Å². The minimum atomic E-state index is 0.302. The molecule has 1 aliphatic rings. The fourth-order valence-corrected chi connectivity index (χ4v) is 3.05. The fourth-order valence-electron chi connectivity index (χ4n) is 2.82. The van der Waals surface area contributed by atoms with Gasteiger partial charge < -0.3 is 10.1 Å². The van der Waals surface area contributed by atoms with E-state index in [1.165, 1.54) is 16.7 Å². The first kappa shape index (κ1) is 14.3. The Hall–Kier alpha value is -1.67.